The molecule has 0 aromatic heterocycles. The Kier molecular flexibility index (Phi) is 4.62. The van der Waals surface area contributed by atoms with Gasteiger partial charge in [0.1, 0.15) is 0 Å². The standard InChI is InChI=1S/C12H17NO4/c1-12(2,16)10(11(14)15)13-17-8-9-6-4-3-5-7-9/h3-7,10,13,16H,8H2,1-2H3,(H,14,15). The Labute approximate surface area is 100.0 Å². The van der Waals surface area contributed by atoms with E-state index in [0.717, 1.165) is 5.56 Å². The third-order valence-corrected chi connectivity index (χ3v) is 2.24. The number of carboxylic acids is 1. The number of hydrogen-bond acceptors (Lipinski definition) is 4. The zero-order valence-electron chi connectivity index (χ0n) is 9.88. The molecule has 0 fully saturated rings. The Hall–Kier alpha value is -1.43. The van der Waals surface area contributed by atoms with Crippen LogP contribution in [0.4, 0.5) is 0 Å². The first-order chi connectivity index (χ1) is 7.91. The highest BCUT2D eigenvalue weighted by Gasteiger charge is 2.33. The molecule has 17 heavy (non-hydrogen) atoms. The fraction of sp³-hybridized carbons (Fsp3) is 0.417. The predicted molar refractivity (Wildman–Crippen MR) is 62.1 cm³/mol. The molecule has 5 nitrogen and oxygen atoms in total. The Bertz CT molecular complexity index is 359. The molecule has 0 aliphatic carbocycles. The number of hydroxylamine groups is 1. The van der Waals surface area contributed by atoms with Gasteiger partial charge in [-0.15, -0.1) is 0 Å². The fourth-order valence-electron chi connectivity index (χ4n) is 1.28. The molecule has 1 aromatic carbocycles. The fourth-order valence-corrected chi connectivity index (χ4v) is 1.28. The summed E-state index contributed by atoms with van der Waals surface area (Å²) < 4.78 is 0. The minimum Gasteiger partial charge on any atom is -0.480 e. The van der Waals surface area contributed by atoms with Crippen LogP contribution in [0.15, 0.2) is 30.3 Å². The Morgan fingerprint density at radius 3 is 2.47 bits per heavy atom. The van der Waals surface area contributed by atoms with Crippen molar-refractivity contribution in [3.8, 4) is 0 Å². The van der Waals surface area contributed by atoms with E-state index < -0.39 is 17.6 Å². The maximum Gasteiger partial charge on any atom is 0.326 e. The second-order valence-corrected chi connectivity index (χ2v) is 4.32. The third kappa shape index (κ3) is 4.52. The minimum absolute atomic E-state index is 0.237. The summed E-state index contributed by atoms with van der Waals surface area (Å²) >= 11 is 0. The molecular formula is C12H17NO4. The van der Waals surface area contributed by atoms with Crippen LogP contribution in [0.2, 0.25) is 0 Å². The van der Waals surface area contributed by atoms with E-state index in [4.69, 9.17) is 9.94 Å². The van der Waals surface area contributed by atoms with Crippen LogP contribution in [0.1, 0.15) is 19.4 Å². The van der Waals surface area contributed by atoms with Gasteiger partial charge in [-0.3, -0.25) is 9.63 Å². The number of rotatable bonds is 6. The first-order valence-electron chi connectivity index (χ1n) is 5.27. The van der Waals surface area contributed by atoms with Crippen LogP contribution in [0.5, 0.6) is 0 Å². The van der Waals surface area contributed by atoms with Crippen LogP contribution in [0.3, 0.4) is 0 Å². The molecule has 0 spiro atoms. The van der Waals surface area contributed by atoms with Gasteiger partial charge in [-0.05, 0) is 19.4 Å². The lowest BCUT2D eigenvalue weighted by molar-refractivity contribution is -0.155. The summed E-state index contributed by atoms with van der Waals surface area (Å²) in [6.45, 7) is 3.05. The van der Waals surface area contributed by atoms with Crippen LogP contribution in [0, 0.1) is 0 Å². The van der Waals surface area contributed by atoms with Crippen molar-refractivity contribution < 1.29 is 19.8 Å². The summed E-state index contributed by atoms with van der Waals surface area (Å²) in [5.74, 6) is -1.16. The normalized spacial score (nSPS) is 13.4. The number of carboxylic acid groups (broad SMARTS) is 1. The first kappa shape index (κ1) is 13.6. The quantitative estimate of drug-likeness (QED) is 0.644. The topological polar surface area (TPSA) is 78.8 Å². The van der Waals surface area contributed by atoms with Gasteiger partial charge in [-0.1, -0.05) is 30.3 Å². The van der Waals surface area contributed by atoms with E-state index in [1.54, 1.807) is 0 Å². The van der Waals surface area contributed by atoms with Crippen molar-refractivity contribution in [3.05, 3.63) is 35.9 Å². The molecule has 1 rings (SSSR count). The van der Waals surface area contributed by atoms with Crippen LogP contribution >= 0.6 is 0 Å². The van der Waals surface area contributed by atoms with Crippen LogP contribution in [-0.4, -0.2) is 27.8 Å². The maximum absolute atomic E-state index is 10.9. The van der Waals surface area contributed by atoms with E-state index in [2.05, 4.69) is 5.48 Å². The number of hydrogen-bond donors (Lipinski definition) is 3. The van der Waals surface area contributed by atoms with Crippen LogP contribution < -0.4 is 5.48 Å². The minimum atomic E-state index is -1.40. The third-order valence-electron chi connectivity index (χ3n) is 2.24. The molecule has 0 saturated carbocycles. The lowest BCUT2D eigenvalue weighted by Gasteiger charge is -2.25. The SMILES string of the molecule is CC(C)(O)C(NOCc1ccccc1)C(=O)O. The highest BCUT2D eigenvalue weighted by atomic mass is 16.6. The van der Waals surface area contributed by atoms with Crippen molar-refractivity contribution in [2.75, 3.05) is 0 Å². The zero-order valence-corrected chi connectivity index (χ0v) is 9.88. The molecule has 1 atom stereocenters. The van der Waals surface area contributed by atoms with E-state index >= 15 is 0 Å². The molecule has 5 heteroatoms. The summed E-state index contributed by atoms with van der Waals surface area (Å²) in [6, 6.07) is 8.16. The monoisotopic (exact) mass is 239 g/mol. The molecule has 0 bridgehead atoms. The molecule has 0 aliphatic heterocycles. The summed E-state index contributed by atoms with van der Waals surface area (Å²) in [5, 5.41) is 18.5. The van der Waals surface area contributed by atoms with Gasteiger partial charge in [0.05, 0.1) is 12.2 Å². The van der Waals surface area contributed by atoms with E-state index in [9.17, 15) is 9.90 Å². The van der Waals surface area contributed by atoms with Gasteiger partial charge >= 0.3 is 5.97 Å². The van der Waals surface area contributed by atoms with Crippen molar-refractivity contribution in [3.63, 3.8) is 0 Å². The summed E-state index contributed by atoms with van der Waals surface area (Å²) in [4.78, 5) is 16.0. The summed E-state index contributed by atoms with van der Waals surface area (Å²) in [5.41, 5.74) is 1.87. The molecule has 3 N–H and O–H groups in total. The molecule has 0 saturated heterocycles. The van der Waals surface area contributed by atoms with Gasteiger partial charge in [0, 0.05) is 0 Å². The zero-order chi connectivity index (χ0) is 12.9. The van der Waals surface area contributed by atoms with Crippen molar-refractivity contribution in [2.45, 2.75) is 32.1 Å². The van der Waals surface area contributed by atoms with Gasteiger partial charge in [-0.25, -0.2) is 0 Å². The summed E-state index contributed by atoms with van der Waals surface area (Å²) in [6.07, 6.45) is 0. The predicted octanol–water partition coefficient (Wildman–Crippen LogP) is 0.932. The lowest BCUT2D eigenvalue weighted by atomic mass is 10.0. The highest BCUT2D eigenvalue weighted by molar-refractivity contribution is 5.74. The van der Waals surface area contributed by atoms with Gasteiger partial charge in [0.15, 0.2) is 6.04 Å². The van der Waals surface area contributed by atoms with E-state index in [0.29, 0.717) is 0 Å². The number of nitrogens with one attached hydrogen (secondary N) is 1. The Morgan fingerprint density at radius 1 is 1.41 bits per heavy atom. The number of benzene rings is 1. The number of aliphatic carboxylic acids is 1. The van der Waals surface area contributed by atoms with Gasteiger partial charge < -0.3 is 10.2 Å². The highest BCUT2D eigenvalue weighted by Crippen LogP contribution is 2.09. The molecule has 0 radical (unpaired) electrons. The molecule has 0 aliphatic rings. The van der Waals surface area contributed by atoms with Crippen molar-refractivity contribution in [1.82, 2.24) is 5.48 Å². The first-order valence-corrected chi connectivity index (χ1v) is 5.27. The van der Waals surface area contributed by atoms with Crippen LogP contribution in [0.25, 0.3) is 0 Å². The van der Waals surface area contributed by atoms with E-state index in [-0.39, 0.29) is 6.61 Å². The average Bonchev–Trinajstić information content (AvgIpc) is 2.23. The van der Waals surface area contributed by atoms with Gasteiger partial charge in [-0.2, -0.15) is 5.48 Å². The largest absolute Gasteiger partial charge is 0.480 e. The van der Waals surface area contributed by atoms with Crippen molar-refractivity contribution in [1.29, 1.82) is 0 Å². The molecule has 1 aromatic rings. The smallest absolute Gasteiger partial charge is 0.326 e. The van der Waals surface area contributed by atoms with Crippen molar-refractivity contribution in [2.24, 2.45) is 0 Å². The summed E-state index contributed by atoms with van der Waals surface area (Å²) in [7, 11) is 0. The van der Waals surface area contributed by atoms with Crippen LogP contribution in [-0.2, 0) is 16.2 Å². The van der Waals surface area contributed by atoms with Gasteiger partial charge in [0.2, 0.25) is 0 Å². The Morgan fingerprint density at radius 2 is 2.00 bits per heavy atom. The number of carbonyl (C=O) groups is 1. The van der Waals surface area contributed by atoms with E-state index in [1.165, 1.54) is 13.8 Å². The van der Waals surface area contributed by atoms with Gasteiger partial charge in [0.25, 0.3) is 0 Å². The molecule has 0 heterocycles. The Balaban J connectivity index is 2.46. The lowest BCUT2D eigenvalue weighted by Crippen LogP contribution is -2.51. The molecule has 1 unspecified atom stereocenters. The van der Waals surface area contributed by atoms with E-state index in [1.807, 2.05) is 30.3 Å². The second-order valence-electron chi connectivity index (χ2n) is 4.32. The maximum atomic E-state index is 10.9. The molecular weight excluding hydrogens is 222 g/mol. The number of aliphatic hydroxyl groups is 1. The second kappa shape index (κ2) is 5.77. The molecule has 0 amide bonds. The average molecular weight is 239 g/mol. The molecule has 94 valence electrons. The van der Waals surface area contributed by atoms with Crippen molar-refractivity contribution >= 4 is 5.97 Å².